The molecule has 1 atom stereocenters. The predicted molar refractivity (Wildman–Crippen MR) is 87.5 cm³/mol. The number of aromatic nitrogens is 1. The van der Waals surface area contributed by atoms with Crippen molar-refractivity contribution in [3.05, 3.63) is 51.2 Å². The molecule has 0 fully saturated rings. The lowest BCUT2D eigenvalue weighted by Gasteiger charge is -2.34. The lowest BCUT2D eigenvalue weighted by molar-refractivity contribution is 0.278. The van der Waals surface area contributed by atoms with E-state index < -0.39 is 0 Å². The van der Waals surface area contributed by atoms with Gasteiger partial charge in [0.25, 0.3) is 0 Å². The van der Waals surface area contributed by atoms with Gasteiger partial charge in [-0.3, -0.25) is 0 Å². The van der Waals surface area contributed by atoms with Crippen LogP contribution in [0.2, 0.25) is 5.02 Å². The molecule has 1 heterocycles. The van der Waals surface area contributed by atoms with Crippen LogP contribution < -0.4 is 5.73 Å². The van der Waals surface area contributed by atoms with Crippen molar-refractivity contribution in [3.63, 3.8) is 0 Å². The Balaban J connectivity index is 2.10. The number of hydrogen-bond acceptors (Lipinski definition) is 1. The molecule has 3 rings (SSSR count). The molecule has 2 N–H and O–H groups in total. The highest BCUT2D eigenvalue weighted by molar-refractivity contribution is 9.10. The molecule has 0 bridgehead atoms. The molecule has 2 aromatic rings. The van der Waals surface area contributed by atoms with E-state index in [9.17, 15) is 0 Å². The average molecular weight is 354 g/mol. The van der Waals surface area contributed by atoms with E-state index in [0.29, 0.717) is 0 Å². The number of nitrogens with zero attached hydrogens (tertiary/aromatic N) is 1. The van der Waals surface area contributed by atoms with Crippen LogP contribution in [0.4, 0.5) is 0 Å². The first kappa shape index (κ1) is 14.2. The van der Waals surface area contributed by atoms with Gasteiger partial charge in [-0.1, -0.05) is 25.4 Å². The number of nitrogens with two attached hydrogens (primary N) is 1. The second-order valence-electron chi connectivity index (χ2n) is 6.34. The van der Waals surface area contributed by atoms with Gasteiger partial charge in [0.05, 0.1) is 5.02 Å². The van der Waals surface area contributed by atoms with E-state index in [1.165, 1.54) is 11.3 Å². The fourth-order valence-corrected chi connectivity index (χ4v) is 3.53. The summed E-state index contributed by atoms with van der Waals surface area (Å²) in [6, 6.07) is 8.31. The molecule has 0 spiro atoms. The molecule has 0 aliphatic heterocycles. The van der Waals surface area contributed by atoms with Crippen molar-refractivity contribution in [2.75, 3.05) is 0 Å². The Morgan fingerprint density at radius 1 is 1.35 bits per heavy atom. The fourth-order valence-electron chi connectivity index (χ4n) is 3.11. The largest absolute Gasteiger partial charge is 0.324 e. The summed E-state index contributed by atoms with van der Waals surface area (Å²) < 4.78 is 3.13. The molecular formula is C16H18BrClN2. The first-order valence-electron chi connectivity index (χ1n) is 6.78. The van der Waals surface area contributed by atoms with Crippen LogP contribution in [0.5, 0.6) is 0 Å². The molecule has 1 aliphatic carbocycles. The number of hydrogen-bond donors (Lipinski definition) is 1. The highest BCUT2D eigenvalue weighted by Gasteiger charge is 2.32. The highest BCUT2D eigenvalue weighted by Crippen LogP contribution is 2.41. The number of halogens is 2. The molecule has 1 aliphatic rings. The number of fused-ring (bicyclic) bond motifs is 1. The predicted octanol–water partition coefficient (Wildman–Crippen LogP) is 4.87. The van der Waals surface area contributed by atoms with Crippen LogP contribution in [0.15, 0.2) is 34.9 Å². The van der Waals surface area contributed by atoms with E-state index in [1.807, 2.05) is 12.1 Å². The van der Waals surface area contributed by atoms with Crippen molar-refractivity contribution in [2.24, 2.45) is 11.1 Å². The summed E-state index contributed by atoms with van der Waals surface area (Å²) in [5.41, 5.74) is 10.2. The fraction of sp³-hybridized carbons (Fsp3) is 0.375. The summed E-state index contributed by atoms with van der Waals surface area (Å²) >= 11 is 9.65. The summed E-state index contributed by atoms with van der Waals surface area (Å²) in [6.45, 7) is 4.56. The van der Waals surface area contributed by atoms with Crippen LogP contribution in [0.25, 0.3) is 5.69 Å². The van der Waals surface area contributed by atoms with Crippen molar-refractivity contribution >= 4 is 27.5 Å². The molecule has 1 unspecified atom stereocenters. The number of rotatable bonds is 1. The van der Waals surface area contributed by atoms with Gasteiger partial charge < -0.3 is 10.3 Å². The Labute approximate surface area is 133 Å². The van der Waals surface area contributed by atoms with Gasteiger partial charge in [0.1, 0.15) is 0 Å². The Bertz CT molecular complexity index is 660. The van der Waals surface area contributed by atoms with Crippen LogP contribution in [0.3, 0.4) is 0 Å². The summed E-state index contributed by atoms with van der Waals surface area (Å²) in [5.74, 6) is 0. The summed E-state index contributed by atoms with van der Waals surface area (Å²) in [5, 5.41) is 0.726. The lowest BCUT2D eigenvalue weighted by atomic mass is 9.74. The van der Waals surface area contributed by atoms with Crippen molar-refractivity contribution < 1.29 is 0 Å². The van der Waals surface area contributed by atoms with Gasteiger partial charge in [0, 0.05) is 28.1 Å². The minimum atomic E-state index is 0.126. The quantitative estimate of drug-likeness (QED) is 0.779. The van der Waals surface area contributed by atoms with Crippen molar-refractivity contribution in [3.8, 4) is 5.69 Å². The third-order valence-electron chi connectivity index (χ3n) is 4.03. The van der Waals surface area contributed by atoms with Crippen LogP contribution in [-0.2, 0) is 6.42 Å². The van der Waals surface area contributed by atoms with Crippen LogP contribution in [0, 0.1) is 5.41 Å². The van der Waals surface area contributed by atoms with E-state index in [4.69, 9.17) is 17.3 Å². The zero-order valence-corrected chi connectivity index (χ0v) is 14.0. The molecule has 0 radical (unpaired) electrons. The van der Waals surface area contributed by atoms with Gasteiger partial charge in [-0.05, 0) is 64.0 Å². The third kappa shape index (κ3) is 2.43. The number of benzene rings is 1. The molecule has 0 saturated carbocycles. The van der Waals surface area contributed by atoms with Gasteiger partial charge in [0.15, 0.2) is 0 Å². The lowest BCUT2D eigenvalue weighted by Crippen LogP contribution is -2.30. The standard InChI is InChI=1S/C16H18BrClN2/c1-16(2)8-14(19)11-5-6-20(15(11)9-16)10-3-4-12(17)13(18)7-10/h3-7,14H,8-9,19H2,1-2H3. The van der Waals surface area contributed by atoms with Gasteiger partial charge in [-0.25, -0.2) is 0 Å². The maximum Gasteiger partial charge on any atom is 0.0568 e. The maximum absolute atomic E-state index is 6.32. The second-order valence-corrected chi connectivity index (χ2v) is 7.60. The Kier molecular flexibility index (Phi) is 3.47. The molecule has 1 aromatic carbocycles. The monoisotopic (exact) mass is 352 g/mol. The normalized spacial score (nSPS) is 20.8. The molecule has 0 amide bonds. The van der Waals surface area contributed by atoms with Crippen LogP contribution >= 0.6 is 27.5 Å². The third-order valence-corrected chi connectivity index (χ3v) is 5.26. The van der Waals surface area contributed by atoms with Crippen LogP contribution in [-0.4, -0.2) is 4.57 Å². The maximum atomic E-state index is 6.32. The Morgan fingerprint density at radius 3 is 2.80 bits per heavy atom. The van der Waals surface area contributed by atoms with E-state index in [0.717, 1.165) is 28.0 Å². The van der Waals surface area contributed by atoms with Gasteiger partial charge in [-0.2, -0.15) is 0 Å². The Morgan fingerprint density at radius 2 is 2.10 bits per heavy atom. The average Bonchev–Trinajstić information content (AvgIpc) is 2.75. The summed E-state index contributed by atoms with van der Waals surface area (Å²) in [4.78, 5) is 0. The highest BCUT2D eigenvalue weighted by atomic mass is 79.9. The van der Waals surface area contributed by atoms with E-state index in [2.05, 4.69) is 52.7 Å². The van der Waals surface area contributed by atoms with Gasteiger partial charge >= 0.3 is 0 Å². The minimum Gasteiger partial charge on any atom is -0.324 e. The first-order chi connectivity index (χ1) is 9.37. The van der Waals surface area contributed by atoms with Gasteiger partial charge in [0.2, 0.25) is 0 Å². The molecule has 0 saturated heterocycles. The van der Waals surface area contributed by atoms with Crippen molar-refractivity contribution in [1.82, 2.24) is 4.57 Å². The zero-order chi connectivity index (χ0) is 14.5. The molecule has 20 heavy (non-hydrogen) atoms. The van der Waals surface area contributed by atoms with Crippen molar-refractivity contribution in [1.29, 1.82) is 0 Å². The Hall–Kier alpha value is -0.770. The second kappa shape index (κ2) is 4.90. The van der Waals surface area contributed by atoms with E-state index in [-0.39, 0.29) is 11.5 Å². The molecule has 106 valence electrons. The van der Waals surface area contributed by atoms with Crippen LogP contribution in [0.1, 0.15) is 37.6 Å². The molecular weight excluding hydrogens is 336 g/mol. The molecule has 2 nitrogen and oxygen atoms in total. The zero-order valence-electron chi connectivity index (χ0n) is 11.7. The van der Waals surface area contributed by atoms with Crippen molar-refractivity contribution in [2.45, 2.75) is 32.7 Å². The van der Waals surface area contributed by atoms with Gasteiger partial charge in [-0.15, -0.1) is 0 Å². The van der Waals surface area contributed by atoms with E-state index in [1.54, 1.807) is 0 Å². The SMILES string of the molecule is CC1(C)Cc2c(ccn2-c2ccc(Br)c(Cl)c2)C(N)C1. The first-order valence-corrected chi connectivity index (χ1v) is 7.96. The summed E-state index contributed by atoms with van der Waals surface area (Å²) in [6.07, 6.45) is 4.17. The smallest absolute Gasteiger partial charge is 0.0568 e. The molecule has 4 heteroatoms. The topological polar surface area (TPSA) is 30.9 Å². The minimum absolute atomic E-state index is 0.126. The molecule has 1 aromatic heterocycles. The summed E-state index contributed by atoms with van der Waals surface area (Å²) in [7, 11) is 0. The van der Waals surface area contributed by atoms with E-state index >= 15 is 0 Å².